The van der Waals surface area contributed by atoms with Gasteiger partial charge in [-0.2, -0.15) is 0 Å². The van der Waals surface area contributed by atoms with Gasteiger partial charge in [-0.05, 0) is 38.1 Å². The van der Waals surface area contributed by atoms with Gasteiger partial charge in [-0.1, -0.05) is 12.1 Å². The minimum atomic E-state index is -2.33. The number of ether oxygens (including phenoxy) is 2. The molecule has 5 N–H and O–H groups in total. The molecule has 1 spiro atoms. The number of esters is 1. The number of benzene rings is 1. The predicted molar refractivity (Wildman–Crippen MR) is 107 cm³/mol. The first-order chi connectivity index (χ1) is 15.2. The van der Waals surface area contributed by atoms with E-state index in [2.05, 4.69) is 4.90 Å². The lowest BCUT2D eigenvalue weighted by Gasteiger charge is -2.61. The van der Waals surface area contributed by atoms with Gasteiger partial charge in [-0.25, -0.2) is 9.59 Å². The monoisotopic (exact) mass is 447 g/mol. The molecule has 172 valence electrons. The van der Waals surface area contributed by atoms with Crippen molar-refractivity contribution in [2.24, 2.45) is 0 Å². The van der Waals surface area contributed by atoms with E-state index in [1.165, 1.54) is 6.08 Å². The fourth-order valence-electron chi connectivity index (χ4n) is 6.07. The number of hydrogen-bond donors (Lipinski definition) is 5. The van der Waals surface area contributed by atoms with Crippen molar-refractivity contribution in [1.82, 2.24) is 4.90 Å². The lowest BCUT2D eigenvalue weighted by Crippen LogP contribution is -2.74. The number of aliphatic hydroxyl groups excluding tert-OH is 3. The number of likely N-dealkylation sites (N-methyl/N-ethyl adjacent to an activating group) is 1. The number of hydrogen-bond acceptors (Lipinski definition) is 9. The molecule has 2 bridgehead atoms. The molecule has 0 unspecified atom stereocenters. The van der Waals surface area contributed by atoms with Gasteiger partial charge in [-0.15, -0.1) is 0 Å². The highest BCUT2D eigenvalue weighted by Gasteiger charge is 2.71. The molecule has 0 radical (unpaired) electrons. The van der Waals surface area contributed by atoms with E-state index >= 15 is 0 Å². The minimum absolute atomic E-state index is 0.0487. The van der Waals surface area contributed by atoms with Crippen molar-refractivity contribution in [3.63, 3.8) is 0 Å². The quantitative estimate of drug-likeness (QED) is 0.348. The number of nitrogens with zero attached hydrogens (tertiary/aromatic N) is 1. The number of rotatable bonds is 5. The topological polar surface area (TPSA) is 157 Å². The van der Waals surface area contributed by atoms with Crippen LogP contribution in [0.3, 0.4) is 0 Å². The van der Waals surface area contributed by atoms with Crippen LogP contribution >= 0.6 is 0 Å². The van der Waals surface area contributed by atoms with E-state index in [-0.39, 0.29) is 24.8 Å². The number of piperidine rings is 1. The van der Waals surface area contributed by atoms with Gasteiger partial charge in [0, 0.05) is 23.6 Å². The van der Waals surface area contributed by atoms with E-state index in [0.29, 0.717) is 30.7 Å². The van der Waals surface area contributed by atoms with Crippen LogP contribution in [0.25, 0.3) is 0 Å². The molecule has 1 aromatic rings. The molecule has 5 rings (SSSR count). The molecule has 10 heteroatoms. The van der Waals surface area contributed by atoms with Crippen molar-refractivity contribution < 1.29 is 44.6 Å². The van der Waals surface area contributed by atoms with Crippen molar-refractivity contribution in [1.29, 1.82) is 0 Å². The Kier molecular flexibility index (Phi) is 4.67. The van der Waals surface area contributed by atoms with Gasteiger partial charge in [0.05, 0.1) is 17.6 Å². The number of carbonyl (C=O) groups is 2. The average Bonchev–Trinajstić information content (AvgIpc) is 3.12. The van der Waals surface area contributed by atoms with Crippen LogP contribution in [0.4, 0.5) is 0 Å². The second-order valence-corrected chi connectivity index (χ2v) is 9.05. The van der Waals surface area contributed by atoms with Crippen molar-refractivity contribution in [2.45, 2.75) is 61.2 Å². The zero-order chi connectivity index (χ0) is 23.0. The van der Waals surface area contributed by atoms with Gasteiger partial charge in [0.25, 0.3) is 0 Å². The van der Waals surface area contributed by atoms with Gasteiger partial charge in [-0.3, -0.25) is 0 Å². The zero-order valence-corrected chi connectivity index (χ0v) is 17.4. The number of aliphatic hydroxyl groups is 4. The molecule has 2 heterocycles. The van der Waals surface area contributed by atoms with Gasteiger partial charge < -0.3 is 39.9 Å². The molecule has 32 heavy (non-hydrogen) atoms. The first-order valence-electron chi connectivity index (χ1n) is 10.5. The lowest BCUT2D eigenvalue weighted by atomic mass is 9.50. The van der Waals surface area contributed by atoms with Crippen LogP contribution in [-0.2, 0) is 32.8 Å². The molecule has 0 aromatic heterocycles. The number of likely N-dealkylation sites (tertiary alicyclic amines) is 1. The van der Waals surface area contributed by atoms with Crippen LogP contribution in [0.15, 0.2) is 24.0 Å². The van der Waals surface area contributed by atoms with E-state index < -0.39 is 41.3 Å². The van der Waals surface area contributed by atoms with Gasteiger partial charge >= 0.3 is 11.9 Å². The number of carboxylic acids is 1. The summed E-state index contributed by atoms with van der Waals surface area (Å²) in [6.07, 6.45) is -2.73. The first-order valence-corrected chi connectivity index (χ1v) is 10.5. The summed E-state index contributed by atoms with van der Waals surface area (Å²) < 4.78 is 11.6. The van der Waals surface area contributed by atoms with E-state index in [4.69, 9.17) is 14.6 Å². The molecule has 4 aliphatic rings. The highest BCUT2D eigenvalue weighted by Crippen LogP contribution is 2.64. The molecule has 6 atom stereocenters. The minimum Gasteiger partial charge on any atom is -0.481 e. The Balaban J connectivity index is 1.60. The van der Waals surface area contributed by atoms with E-state index in [1.807, 2.05) is 13.1 Å². The lowest BCUT2D eigenvalue weighted by molar-refractivity contribution is -0.177. The summed E-state index contributed by atoms with van der Waals surface area (Å²) in [4.78, 5) is 25.4. The third-order valence-electron chi connectivity index (χ3n) is 7.64. The summed E-state index contributed by atoms with van der Waals surface area (Å²) in [5.41, 5.74) is 0.216. The second-order valence-electron chi connectivity index (χ2n) is 9.05. The second kappa shape index (κ2) is 7.00. The Morgan fingerprint density at radius 3 is 2.75 bits per heavy atom. The molecule has 1 aromatic carbocycles. The molecule has 10 nitrogen and oxygen atoms in total. The van der Waals surface area contributed by atoms with Crippen molar-refractivity contribution in [3.8, 4) is 5.75 Å². The molecule has 2 aliphatic heterocycles. The molecular formula is C22H25NO9. The Hall–Kier alpha value is -2.50. The highest BCUT2D eigenvalue weighted by molar-refractivity contribution is 5.84. The maximum Gasteiger partial charge on any atom is 0.343 e. The molecule has 2 aliphatic carbocycles. The van der Waals surface area contributed by atoms with E-state index in [0.717, 1.165) is 11.1 Å². The highest BCUT2D eigenvalue weighted by atomic mass is 16.6. The third kappa shape index (κ3) is 2.52. The summed E-state index contributed by atoms with van der Waals surface area (Å²) in [7, 11) is 1.96. The average molecular weight is 447 g/mol. The van der Waals surface area contributed by atoms with Crippen molar-refractivity contribution >= 4 is 11.9 Å². The maximum atomic E-state index is 12.4. The smallest absolute Gasteiger partial charge is 0.343 e. The van der Waals surface area contributed by atoms with Crippen molar-refractivity contribution in [2.75, 3.05) is 13.6 Å². The number of carboxylic acid groups (broad SMARTS) is 1. The van der Waals surface area contributed by atoms with Gasteiger partial charge in [0.15, 0.2) is 18.3 Å². The van der Waals surface area contributed by atoms with E-state index in [9.17, 15) is 30.0 Å². The summed E-state index contributed by atoms with van der Waals surface area (Å²) in [6, 6.07) is 3.51. The Labute approximate surface area is 183 Å². The summed E-state index contributed by atoms with van der Waals surface area (Å²) in [5.74, 6) is -2.57. The maximum absolute atomic E-state index is 12.4. The fourth-order valence-corrected chi connectivity index (χ4v) is 6.07. The van der Waals surface area contributed by atoms with Gasteiger partial charge in [0.2, 0.25) is 0 Å². The van der Waals surface area contributed by atoms with Crippen LogP contribution in [0.1, 0.15) is 29.5 Å². The summed E-state index contributed by atoms with van der Waals surface area (Å²) >= 11 is 0. The Morgan fingerprint density at radius 1 is 1.31 bits per heavy atom. The molecule has 0 saturated carbocycles. The molecular weight excluding hydrogens is 422 g/mol. The van der Waals surface area contributed by atoms with Crippen LogP contribution in [0.2, 0.25) is 0 Å². The Morgan fingerprint density at radius 2 is 2.06 bits per heavy atom. The molecule has 1 saturated heterocycles. The fraction of sp³-hybridized carbons (Fsp3) is 0.545. The van der Waals surface area contributed by atoms with Crippen molar-refractivity contribution in [3.05, 3.63) is 40.7 Å². The Bertz CT molecular complexity index is 1040. The van der Waals surface area contributed by atoms with Crippen LogP contribution in [-0.4, -0.2) is 85.9 Å². The van der Waals surface area contributed by atoms with Crippen LogP contribution in [0.5, 0.6) is 5.75 Å². The zero-order valence-electron chi connectivity index (χ0n) is 17.4. The van der Waals surface area contributed by atoms with Gasteiger partial charge in [0.1, 0.15) is 11.5 Å². The van der Waals surface area contributed by atoms with E-state index in [1.54, 1.807) is 6.07 Å². The number of aliphatic carboxylic acids is 1. The first kappa shape index (κ1) is 21.4. The standard InChI is InChI=1S/C22H25NO9/c1-23-7-6-21-14-10-2-3-11(9-24)17(14)32-18(21)12(4-5-22(21,30)13(23)8-10)31-20(29)16(26)15(25)19(27)28/h2-4,13,15-16,18,24-26,30H,5-9H2,1H3,(H,27,28)/t13-,15-,16-,18+,21+,22-/m1/s1. The van der Waals surface area contributed by atoms with Crippen LogP contribution < -0.4 is 4.74 Å². The van der Waals surface area contributed by atoms with Crippen LogP contribution in [0, 0.1) is 0 Å². The molecule has 0 amide bonds. The third-order valence-corrected chi connectivity index (χ3v) is 7.64. The molecule has 1 fully saturated rings. The normalized spacial score (nSPS) is 34.1. The SMILES string of the molecule is CN1CC[C@]23c4c5ccc(CO)c4O[C@H]2C(OC(=O)[C@H](O)[C@@H](O)C(=O)O)=CC[C@@]3(O)[C@H]1C5. The summed E-state index contributed by atoms with van der Waals surface area (Å²) in [6.45, 7) is 0.395. The largest absolute Gasteiger partial charge is 0.481 e. The number of carbonyl (C=O) groups excluding carboxylic acids is 1. The predicted octanol–water partition coefficient (Wildman–Crippen LogP) is -1.19. The summed E-state index contributed by atoms with van der Waals surface area (Å²) in [5, 5.41) is 50.2.